The van der Waals surface area contributed by atoms with Gasteiger partial charge in [-0.25, -0.2) is 0 Å². The fraction of sp³-hybridized carbons (Fsp3) is 0.308. The summed E-state index contributed by atoms with van der Waals surface area (Å²) in [5.41, 5.74) is -0.0158. The van der Waals surface area contributed by atoms with Crippen LogP contribution in [0.1, 0.15) is 36.7 Å². The summed E-state index contributed by atoms with van der Waals surface area (Å²) in [5.74, 6) is 0.199. The van der Waals surface area contributed by atoms with Crippen molar-refractivity contribution in [1.82, 2.24) is 0 Å². The van der Waals surface area contributed by atoms with E-state index in [0.29, 0.717) is 11.3 Å². The van der Waals surface area contributed by atoms with Crippen LogP contribution >= 0.6 is 0 Å². The molecule has 1 heterocycles. The van der Waals surface area contributed by atoms with Crippen molar-refractivity contribution in [3.8, 4) is 11.5 Å². The number of Topliss-reactive ketones (excluding diaryl/α,β-unsaturated/α-hetero) is 1. The van der Waals surface area contributed by atoms with Crippen LogP contribution in [0.5, 0.6) is 11.5 Å². The van der Waals surface area contributed by atoms with Crippen molar-refractivity contribution in [2.75, 3.05) is 0 Å². The van der Waals surface area contributed by atoms with E-state index >= 15 is 0 Å². The molecule has 0 radical (unpaired) electrons. The molecule has 0 aromatic heterocycles. The predicted octanol–water partition coefficient (Wildman–Crippen LogP) is 2.66. The lowest BCUT2D eigenvalue weighted by Gasteiger charge is -2.30. The Bertz CT molecular complexity index is 526. The number of phenols is 1. The number of rotatable bonds is 1. The second-order valence-electron chi connectivity index (χ2n) is 4.61. The van der Waals surface area contributed by atoms with Gasteiger partial charge < -0.3 is 14.9 Å². The van der Waals surface area contributed by atoms with Gasteiger partial charge in [-0.2, -0.15) is 0 Å². The molecule has 17 heavy (non-hydrogen) atoms. The molecule has 0 aliphatic carbocycles. The molecule has 1 aromatic rings. The van der Waals surface area contributed by atoms with Gasteiger partial charge in [-0.3, -0.25) is 4.79 Å². The van der Waals surface area contributed by atoms with Crippen molar-refractivity contribution in [3.63, 3.8) is 0 Å². The van der Waals surface area contributed by atoms with Crippen LogP contribution in [0.15, 0.2) is 17.9 Å². The quantitative estimate of drug-likeness (QED) is 0.733. The zero-order valence-electron chi connectivity index (χ0n) is 9.94. The number of hydrogen-bond donors (Lipinski definition) is 2. The minimum absolute atomic E-state index is 0.0881. The van der Waals surface area contributed by atoms with E-state index in [1.54, 1.807) is 19.9 Å². The van der Waals surface area contributed by atoms with Gasteiger partial charge in [0, 0.05) is 11.6 Å². The van der Waals surface area contributed by atoms with E-state index < -0.39 is 5.60 Å². The highest BCUT2D eigenvalue weighted by atomic mass is 16.5. The Morgan fingerprint density at radius 3 is 2.53 bits per heavy atom. The normalized spacial score (nSPS) is 16.8. The van der Waals surface area contributed by atoms with E-state index in [9.17, 15) is 15.0 Å². The van der Waals surface area contributed by atoms with Crippen molar-refractivity contribution < 1.29 is 19.7 Å². The first-order chi connectivity index (χ1) is 7.81. The van der Waals surface area contributed by atoms with Gasteiger partial charge >= 0.3 is 0 Å². The fourth-order valence-electron chi connectivity index (χ4n) is 1.72. The third-order valence-electron chi connectivity index (χ3n) is 2.78. The second kappa shape index (κ2) is 3.52. The van der Waals surface area contributed by atoms with Crippen LogP contribution in [0.3, 0.4) is 0 Å². The molecule has 4 nitrogen and oxygen atoms in total. The third-order valence-corrected chi connectivity index (χ3v) is 2.78. The molecule has 0 atom stereocenters. The molecule has 0 amide bonds. The zero-order chi connectivity index (χ0) is 12.8. The Hall–Kier alpha value is -1.97. The smallest absolute Gasteiger partial charge is 0.163 e. The molecule has 1 aliphatic rings. The average Bonchev–Trinajstić information content (AvgIpc) is 2.19. The van der Waals surface area contributed by atoms with Crippen molar-refractivity contribution in [1.29, 1.82) is 0 Å². The highest BCUT2D eigenvalue weighted by Gasteiger charge is 2.31. The topological polar surface area (TPSA) is 66.8 Å². The number of hydrogen-bond acceptors (Lipinski definition) is 4. The summed E-state index contributed by atoms with van der Waals surface area (Å²) in [6.45, 7) is 4.81. The SMILES string of the molecule is CC(=O)c1cc2c(cc1O)OC(C)(C)C(O)=C2. The van der Waals surface area contributed by atoms with Crippen LogP contribution in [-0.4, -0.2) is 21.6 Å². The first-order valence-electron chi connectivity index (χ1n) is 5.29. The Labute approximate surface area is 99.2 Å². The number of carbonyl (C=O) groups excluding carboxylic acids is 1. The highest BCUT2D eigenvalue weighted by Crippen LogP contribution is 2.38. The molecule has 0 saturated heterocycles. The fourth-order valence-corrected chi connectivity index (χ4v) is 1.72. The van der Waals surface area contributed by atoms with Gasteiger partial charge in [0.05, 0.1) is 5.56 Å². The van der Waals surface area contributed by atoms with Crippen LogP contribution in [0.25, 0.3) is 6.08 Å². The van der Waals surface area contributed by atoms with E-state index in [1.165, 1.54) is 19.1 Å². The lowest BCUT2D eigenvalue weighted by molar-refractivity contribution is 0.0931. The summed E-state index contributed by atoms with van der Waals surface area (Å²) >= 11 is 0. The number of phenolic OH excluding ortho intramolecular Hbond substituents is 1. The van der Waals surface area contributed by atoms with Gasteiger partial charge in [-0.15, -0.1) is 0 Å². The third kappa shape index (κ3) is 1.86. The number of carbonyl (C=O) groups is 1. The van der Waals surface area contributed by atoms with Crippen LogP contribution in [0, 0.1) is 0 Å². The number of aromatic hydroxyl groups is 1. The van der Waals surface area contributed by atoms with Gasteiger partial charge in [0.1, 0.15) is 17.3 Å². The van der Waals surface area contributed by atoms with Gasteiger partial charge in [0.15, 0.2) is 11.4 Å². The van der Waals surface area contributed by atoms with Crippen LogP contribution in [-0.2, 0) is 0 Å². The largest absolute Gasteiger partial charge is 0.508 e. The maximum atomic E-state index is 11.3. The molecule has 0 unspecified atom stereocenters. The Balaban J connectivity index is 2.60. The van der Waals surface area contributed by atoms with Crippen LogP contribution in [0.4, 0.5) is 0 Å². The van der Waals surface area contributed by atoms with Gasteiger partial charge in [0.2, 0.25) is 0 Å². The van der Waals surface area contributed by atoms with E-state index in [4.69, 9.17) is 4.74 Å². The number of ether oxygens (including phenoxy) is 1. The van der Waals surface area contributed by atoms with Gasteiger partial charge in [-0.05, 0) is 32.9 Å². The molecule has 90 valence electrons. The monoisotopic (exact) mass is 234 g/mol. The molecule has 0 spiro atoms. The maximum absolute atomic E-state index is 11.3. The van der Waals surface area contributed by atoms with E-state index in [1.807, 2.05) is 0 Å². The summed E-state index contributed by atoms with van der Waals surface area (Å²) < 4.78 is 5.56. The second-order valence-corrected chi connectivity index (χ2v) is 4.61. The number of fused-ring (bicyclic) bond motifs is 1. The van der Waals surface area contributed by atoms with Gasteiger partial charge in [0.25, 0.3) is 0 Å². The average molecular weight is 234 g/mol. The first kappa shape index (κ1) is 11.5. The minimum Gasteiger partial charge on any atom is -0.508 e. The number of aliphatic hydroxyl groups is 1. The summed E-state index contributed by atoms with van der Waals surface area (Å²) in [4.78, 5) is 11.3. The molecule has 0 bridgehead atoms. The van der Waals surface area contributed by atoms with E-state index in [-0.39, 0.29) is 22.9 Å². The van der Waals surface area contributed by atoms with Crippen LogP contribution < -0.4 is 4.74 Å². The van der Waals surface area contributed by atoms with E-state index in [2.05, 4.69) is 0 Å². The van der Waals surface area contributed by atoms with Crippen molar-refractivity contribution >= 4 is 11.9 Å². The molecule has 0 fully saturated rings. The molecular weight excluding hydrogens is 220 g/mol. The molecule has 2 N–H and O–H groups in total. The Kier molecular flexibility index (Phi) is 2.38. The molecule has 1 aromatic carbocycles. The lowest BCUT2D eigenvalue weighted by Crippen LogP contribution is -2.33. The van der Waals surface area contributed by atoms with Crippen molar-refractivity contribution in [3.05, 3.63) is 29.0 Å². The summed E-state index contributed by atoms with van der Waals surface area (Å²) in [6.07, 6.45) is 1.55. The van der Waals surface area contributed by atoms with Gasteiger partial charge in [-0.1, -0.05) is 0 Å². The maximum Gasteiger partial charge on any atom is 0.163 e. The number of ketones is 1. The molecule has 4 heteroatoms. The van der Waals surface area contributed by atoms with Crippen molar-refractivity contribution in [2.24, 2.45) is 0 Å². The summed E-state index contributed by atoms with van der Waals surface area (Å²) in [6, 6.07) is 2.91. The standard InChI is InChI=1S/C13H14O4/c1-7(14)9-4-8-5-12(16)13(2,3)17-11(8)6-10(9)15/h4-6,15-16H,1-3H3. The number of aliphatic hydroxyl groups excluding tert-OH is 1. The predicted molar refractivity (Wildman–Crippen MR) is 63.4 cm³/mol. The van der Waals surface area contributed by atoms with Crippen molar-refractivity contribution in [2.45, 2.75) is 26.4 Å². The summed E-state index contributed by atoms with van der Waals surface area (Å²) in [5, 5.41) is 19.5. The lowest BCUT2D eigenvalue weighted by atomic mass is 9.97. The molecule has 0 saturated carbocycles. The van der Waals surface area contributed by atoms with Crippen LogP contribution in [0.2, 0.25) is 0 Å². The number of benzene rings is 1. The molecular formula is C13H14O4. The first-order valence-corrected chi connectivity index (χ1v) is 5.29. The molecule has 2 rings (SSSR count). The highest BCUT2D eigenvalue weighted by molar-refractivity contribution is 5.97. The Morgan fingerprint density at radius 2 is 1.94 bits per heavy atom. The van der Waals surface area contributed by atoms with E-state index in [0.717, 1.165) is 0 Å². The zero-order valence-corrected chi connectivity index (χ0v) is 9.94. The minimum atomic E-state index is -0.822. The Morgan fingerprint density at radius 1 is 1.29 bits per heavy atom. The molecule has 1 aliphatic heterocycles. The summed E-state index contributed by atoms with van der Waals surface area (Å²) in [7, 11) is 0.